The molecule has 3 rings (SSSR count). The number of unbranched alkanes of at least 4 members (excludes halogenated alkanes) is 1. The number of benzene rings is 1. The summed E-state index contributed by atoms with van der Waals surface area (Å²) in [7, 11) is 0. The van der Waals surface area contributed by atoms with E-state index in [0.717, 1.165) is 5.56 Å². The molecule has 1 saturated carbocycles. The molecule has 0 spiro atoms. The van der Waals surface area contributed by atoms with E-state index in [1.54, 1.807) is 20.8 Å². The zero-order valence-electron chi connectivity index (χ0n) is 40.4. The number of rotatable bonds is 29. The maximum absolute atomic E-state index is 13.6. The van der Waals surface area contributed by atoms with Crippen LogP contribution < -0.4 is 26.7 Å². The number of nitrogens with zero attached hydrogens (tertiary/aromatic N) is 5. The van der Waals surface area contributed by atoms with Crippen LogP contribution in [0.15, 0.2) is 36.4 Å². The molecule has 4 amide bonds. The van der Waals surface area contributed by atoms with Gasteiger partial charge in [0.1, 0.15) is 17.0 Å². The first kappa shape index (κ1) is 59.5. The molecule has 1 aliphatic heterocycles. The Morgan fingerprint density at radius 1 is 0.597 bits per heavy atom. The van der Waals surface area contributed by atoms with Crippen molar-refractivity contribution < 1.29 is 78.7 Å². The van der Waals surface area contributed by atoms with Crippen LogP contribution in [0.4, 0.5) is 4.79 Å². The summed E-state index contributed by atoms with van der Waals surface area (Å²) in [5, 5.41) is 66.2. The molecule has 1 saturated heterocycles. The predicted octanol–water partition coefficient (Wildman–Crippen LogP) is -0.751. The number of carbonyl (C=O) groups is 9. The number of amides is 4. The molecule has 1 unspecified atom stereocenters. The van der Waals surface area contributed by atoms with Gasteiger partial charge in [-0.3, -0.25) is 48.4 Å². The summed E-state index contributed by atoms with van der Waals surface area (Å²) in [4.78, 5) is 129. The lowest BCUT2D eigenvalue weighted by Gasteiger charge is -2.33. The van der Waals surface area contributed by atoms with Crippen molar-refractivity contribution in [2.24, 2.45) is 5.92 Å². The van der Waals surface area contributed by atoms with E-state index >= 15 is 0 Å². The van der Waals surface area contributed by atoms with Crippen LogP contribution in [0.25, 0.3) is 6.08 Å². The van der Waals surface area contributed by atoms with Gasteiger partial charge in [-0.25, -0.2) is 14.4 Å². The molecule has 1 aromatic carbocycles. The summed E-state index contributed by atoms with van der Waals surface area (Å²) in [5.41, 5.74) is 3.69. The molecule has 0 bridgehead atoms. The molecule has 2 fully saturated rings. The van der Waals surface area contributed by atoms with Crippen molar-refractivity contribution in [1.29, 1.82) is 0 Å². The molecule has 72 heavy (non-hydrogen) atoms. The van der Waals surface area contributed by atoms with Crippen molar-refractivity contribution in [3.63, 3.8) is 0 Å². The number of nitrogens with one attached hydrogen (secondary N) is 5. The van der Waals surface area contributed by atoms with Crippen molar-refractivity contribution >= 4 is 59.7 Å². The van der Waals surface area contributed by atoms with Gasteiger partial charge in [-0.1, -0.05) is 42.5 Å². The fourth-order valence-electron chi connectivity index (χ4n) is 8.22. The van der Waals surface area contributed by atoms with Gasteiger partial charge in [0.25, 0.3) is 0 Å². The largest absolute Gasteiger partial charge is 0.481 e. The Morgan fingerprint density at radius 2 is 1.08 bits per heavy atom. The van der Waals surface area contributed by atoms with E-state index in [1.807, 2.05) is 41.3 Å². The highest BCUT2D eigenvalue weighted by Crippen LogP contribution is 2.25. The van der Waals surface area contributed by atoms with E-state index in [1.165, 1.54) is 0 Å². The number of hydrogen-bond donors (Lipinski definition) is 11. The van der Waals surface area contributed by atoms with Crippen LogP contribution in [-0.2, 0) is 38.4 Å². The Balaban J connectivity index is 1.53. The number of hydrogen-bond acceptors (Lipinski definition) is 14. The third-order valence-corrected chi connectivity index (χ3v) is 12.3. The monoisotopic (exact) mass is 1020 g/mol. The zero-order valence-corrected chi connectivity index (χ0v) is 40.4. The predicted molar refractivity (Wildman–Crippen MR) is 256 cm³/mol. The number of urea groups is 1. The van der Waals surface area contributed by atoms with Gasteiger partial charge in [0, 0.05) is 91.1 Å². The molecule has 0 radical (unpaired) electrons. The Hall–Kier alpha value is -6.77. The molecule has 1 aromatic rings. The highest BCUT2D eigenvalue weighted by Gasteiger charge is 2.35. The second-order valence-corrected chi connectivity index (χ2v) is 17.9. The lowest BCUT2D eigenvalue weighted by Crippen LogP contribution is -2.51. The maximum Gasteiger partial charge on any atom is 0.326 e. The van der Waals surface area contributed by atoms with E-state index in [4.69, 9.17) is 5.11 Å². The van der Waals surface area contributed by atoms with Gasteiger partial charge in [-0.05, 0) is 50.0 Å². The first-order valence-electron chi connectivity index (χ1n) is 24.1. The third-order valence-electron chi connectivity index (χ3n) is 12.3. The van der Waals surface area contributed by atoms with Gasteiger partial charge in [0.15, 0.2) is 6.04 Å². The Bertz CT molecular complexity index is 1970. The number of aliphatic carboxylic acids is 6. The summed E-state index contributed by atoms with van der Waals surface area (Å²) in [6.07, 6.45) is 5.36. The maximum atomic E-state index is 13.6. The van der Waals surface area contributed by atoms with Crippen LogP contribution in [-0.4, -0.2) is 225 Å². The SMILES string of the molecule is O=C(O)CCC(NC(=O)N[C@@H](CCCCNC(=O)[C@@H](C/C=C/c1ccccc1)N[N+](=O)C1CCC(CNC(=O)CN2CCN(CC(=O)O)CCN(CC(=O)O)CCN(CC(=O)O)CC2)CC1)C(=O)O)C(=O)O. The highest BCUT2D eigenvalue weighted by molar-refractivity contribution is 5.86. The second kappa shape index (κ2) is 32.3. The third kappa shape index (κ3) is 24.9. The summed E-state index contributed by atoms with van der Waals surface area (Å²) in [6.45, 7) is 1.70. The van der Waals surface area contributed by atoms with Crippen LogP contribution in [0.2, 0.25) is 0 Å². The van der Waals surface area contributed by atoms with Crippen molar-refractivity contribution in [2.45, 2.75) is 88.4 Å². The molecule has 0 aromatic heterocycles. The first-order chi connectivity index (χ1) is 34.3. The normalized spacial score (nSPS) is 19.0. The topological polar surface area (TPSA) is 368 Å². The second-order valence-electron chi connectivity index (χ2n) is 17.9. The van der Waals surface area contributed by atoms with Crippen molar-refractivity contribution in [3.05, 3.63) is 46.9 Å². The lowest BCUT2D eigenvalue weighted by molar-refractivity contribution is -0.647. The lowest BCUT2D eigenvalue weighted by atomic mass is 9.86. The molecule has 1 heterocycles. The summed E-state index contributed by atoms with van der Waals surface area (Å²) in [6, 6.07) is 3.81. The van der Waals surface area contributed by atoms with Crippen LogP contribution in [0.3, 0.4) is 0 Å². The number of carbonyl (C=O) groups excluding carboxylic acids is 3. The fourth-order valence-corrected chi connectivity index (χ4v) is 8.22. The molecule has 2 aliphatic rings. The van der Waals surface area contributed by atoms with Crippen LogP contribution >= 0.6 is 0 Å². The van der Waals surface area contributed by atoms with Gasteiger partial charge in [0.2, 0.25) is 17.9 Å². The molecular weight excluding hydrogens is 949 g/mol. The van der Waals surface area contributed by atoms with E-state index in [9.17, 15) is 73.6 Å². The fraction of sp³-hybridized carbons (Fsp3) is 0.630. The van der Waals surface area contributed by atoms with Crippen LogP contribution in [0.5, 0.6) is 0 Å². The van der Waals surface area contributed by atoms with Gasteiger partial charge in [-0.15, -0.1) is 5.43 Å². The minimum atomic E-state index is -1.55. The van der Waals surface area contributed by atoms with Crippen molar-refractivity contribution in [3.8, 4) is 0 Å². The number of carboxylic acids is 6. The highest BCUT2D eigenvalue weighted by atomic mass is 16.4. The molecule has 11 N–H and O–H groups in total. The van der Waals surface area contributed by atoms with E-state index in [2.05, 4.69) is 26.7 Å². The number of hydrazine groups is 1. The van der Waals surface area contributed by atoms with Gasteiger partial charge in [0.05, 0.1) is 31.1 Å². The molecule has 26 heteroatoms. The standard InChI is InChI=1S/C46H70N10O16/c57-38(28-52-19-21-53(29-40(60)61)23-25-55(31-42(64)65)26-24-54(22-20-52)30-41(62)63)48-27-33-12-14-34(15-13-33)56(72)51-35(11-6-9-32-7-2-1-3-8-32)43(66)47-18-5-4-10-36(44(67)68)49-46(71)50-37(45(69)70)16-17-39(58)59/h1-3,6-9,33-37H,4-5,10-31H2,(H10-,47,48,49,50,51,57,58,59,60,61,62,63,64,65,66,67,68,69,70,71,72)/p+1/b9-6+/t33?,34?,35-,36+,37?/m1/s1. The summed E-state index contributed by atoms with van der Waals surface area (Å²) >= 11 is 0. The molecule has 26 nitrogen and oxygen atoms in total. The average Bonchev–Trinajstić information content (AvgIpc) is 3.31. The zero-order chi connectivity index (χ0) is 53.0. The van der Waals surface area contributed by atoms with Crippen LogP contribution in [0.1, 0.15) is 69.8 Å². The molecule has 3 atom stereocenters. The summed E-state index contributed by atoms with van der Waals surface area (Å²) in [5.74, 6) is -8.01. The molecular formula is C46H71N10O16+. The van der Waals surface area contributed by atoms with Crippen molar-refractivity contribution in [2.75, 3.05) is 91.6 Å². The summed E-state index contributed by atoms with van der Waals surface area (Å²) < 4.78 is 0. The van der Waals surface area contributed by atoms with E-state index in [-0.39, 0.29) is 110 Å². The Morgan fingerprint density at radius 3 is 1.56 bits per heavy atom. The minimum absolute atomic E-state index is 0.0309. The van der Waals surface area contributed by atoms with E-state index in [0.29, 0.717) is 50.2 Å². The quantitative estimate of drug-likeness (QED) is 0.0267. The van der Waals surface area contributed by atoms with Crippen molar-refractivity contribution in [1.82, 2.24) is 46.3 Å². The van der Waals surface area contributed by atoms with Gasteiger partial charge in [-0.2, -0.15) is 0 Å². The smallest absolute Gasteiger partial charge is 0.326 e. The molecule has 1 aliphatic carbocycles. The Kier molecular flexibility index (Phi) is 26.7. The van der Waals surface area contributed by atoms with Gasteiger partial charge >= 0.3 is 41.8 Å². The molecule has 400 valence electrons. The minimum Gasteiger partial charge on any atom is -0.481 e. The number of nitroso groups, excluding NO2 is 1. The Labute approximate surface area is 416 Å². The van der Waals surface area contributed by atoms with Crippen LogP contribution in [0, 0.1) is 10.8 Å². The first-order valence-corrected chi connectivity index (χ1v) is 24.1. The average molecular weight is 1020 g/mol. The van der Waals surface area contributed by atoms with E-state index < -0.39 is 84.8 Å². The van der Waals surface area contributed by atoms with Gasteiger partial charge < -0.3 is 51.9 Å². The number of carboxylic acid groups (broad SMARTS) is 6.